The van der Waals surface area contributed by atoms with E-state index in [4.69, 9.17) is 4.74 Å². The third-order valence-corrected chi connectivity index (χ3v) is 4.45. The quantitative estimate of drug-likeness (QED) is 0.494. The van der Waals surface area contributed by atoms with Crippen LogP contribution in [0.4, 0.5) is 0 Å². The van der Waals surface area contributed by atoms with Crippen LogP contribution in [0.5, 0.6) is 5.75 Å². The molecule has 2 heteroatoms. The van der Waals surface area contributed by atoms with Crippen molar-refractivity contribution in [3.8, 4) is 17.0 Å². The van der Waals surface area contributed by atoms with E-state index in [0.29, 0.717) is 0 Å². The molecule has 122 valence electrons. The summed E-state index contributed by atoms with van der Waals surface area (Å²) >= 11 is 0. The Morgan fingerprint density at radius 3 is 2.36 bits per heavy atom. The monoisotopic (exact) mass is 325 g/mol. The summed E-state index contributed by atoms with van der Waals surface area (Å²) in [6.45, 7) is 0. The molecule has 1 aromatic heterocycles. The first-order valence-corrected chi connectivity index (χ1v) is 8.39. The van der Waals surface area contributed by atoms with Gasteiger partial charge < -0.3 is 4.74 Å². The Kier molecular flexibility index (Phi) is 4.17. The van der Waals surface area contributed by atoms with Crippen LogP contribution in [0.1, 0.15) is 11.1 Å². The second-order valence-electron chi connectivity index (χ2n) is 6.11. The van der Waals surface area contributed by atoms with E-state index in [1.807, 2.05) is 18.3 Å². The highest BCUT2D eigenvalue weighted by molar-refractivity contribution is 5.95. The largest absolute Gasteiger partial charge is 0.497 e. The molecular formula is C23H19NO. The number of pyridine rings is 1. The van der Waals surface area contributed by atoms with E-state index in [1.165, 1.54) is 21.9 Å². The summed E-state index contributed by atoms with van der Waals surface area (Å²) in [4.78, 5) is 4.64. The summed E-state index contributed by atoms with van der Waals surface area (Å²) in [5, 5.41) is 2.39. The highest BCUT2D eigenvalue weighted by atomic mass is 16.5. The highest BCUT2D eigenvalue weighted by Gasteiger charge is 2.07. The van der Waals surface area contributed by atoms with Gasteiger partial charge in [0.2, 0.25) is 0 Å². The van der Waals surface area contributed by atoms with Gasteiger partial charge in [0.1, 0.15) is 5.75 Å². The maximum absolute atomic E-state index is 5.26. The third kappa shape index (κ3) is 3.24. The normalized spacial score (nSPS) is 10.8. The molecule has 0 atom stereocenters. The van der Waals surface area contributed by atoms with Gasteiger partial charge in [0.05, 0.1) is 12.8 Å². The summed E-state index contributed by atoms with van der Waals surface area (Å²) in [6.07, 6.45) is 2.80. The Balaban J connectivity index is 1.77. The van der Waals surface area contributed by atoms with Gasteiger partial charge in [0.25, 0.3) is 0 Å². The zero-order valence-corrected chi connectivity index (χ0v) is 14.1. The molecule has 0 unspecified atom stereocenters. The van der Waals surface area contributed by atoms with Crippen molar-refractivity contribution in [2.45, 2.75) is 6.42 Å². The van der Waals surface area contributed by atoms with Crippen molar-refractivity contribution >= 4 is 10.8 Å². The summed E-state index contributed by atoms with van der Waals surface area (Å²) in [6, 6.07) is 27.3. The fourth-order valence-corrected chi connectivity index (χ4v) is 3.14. The Labute approximate surface area is 147 Å². The first-order chi connectivity index (χ1) is 12.3. The predicted molar refractivity (Wildman–Crippen MR) is 103 cm³/mol. The van der Waals surface area contributed by atoms with Crippen molar-refractivity contribution in [2.24, 2.45) is 0 Å². The number of fused-ring (bicyclic) bond motifs is 1. The highest BCUT2D eigenvalue weighted by Crippen LogP contribution is 2.29. The number of rotatable bonds is 4. The number of aromatic nitrogens is 1. The smallest absolute Gasteiger partial charge is 0.118 e. The fourth-order valence-electron chi connectivity index (χ4n) is 3.14. The SMILES string of the molecule is COc1ccc(-c2nccc3ccc(Cc4ccccc4)cc23)cc1. The van der Waals surface area contributed by atoms with Crippen LogP contribution in [-0.2, 0) is 6.42 Å². The minimum atomic E-state index is 0.855. The molecule has 0 saturated heterocycles. The fraction of sp³-hybridized carbons (Fsp3) is 0.0870. The number of ether oxygens (including phenoxy) is 1. The van der Waals surface area contributed by atoms with Gasteiger partial charge >= 0.3 is 0 Å². The molecule has 0 aliphatic heterocycles. The maximum atomic E-state index is 5.26. The lowest BCUT2D eigenvalue weighted by atomic mass is 9.98. The maximum Gasteiger partial charge on any atom is 0.118 e. The van der Waals surface area contributed by atoms with E-state index in [1.54, 1.807) is 7.11 Å². The van der Waals surface area contributed by atoms with Crippen LogP contribution >= 0.6 is 0 Å². The van der Waals surface area contributed by atoms with E-state index in [0.717, 1.165) is 23.4 Å². The second-order valence-corrected chi connectivity index (χ2v) is 6.11. The second kappa shape index (κ2) is 6.78. The van der Waals surface area contributed by atoms with Crippen molar-refractivity contribution in [2.75, 3.05) is 7.11 Å². The van der Waals surface area contributed by atoms with Gasteiger partial charge in [-0.1, -0.05) is 42.5 Å². The van der Waals surface area contributed by atoms with Crippen LogP contribution in [0.25, 0.3) is 22.0 Å². The molecule has 0 N–H and O–H groups in total. The van der Waals surface area contributed by atoms with Gasteiger partial charge in [-0.15, -0.1) is 0 Å². The molecule has 25 heavy (non-hydrogen) atoms. The van der Waals surface area contributed by atoms with Crippen molar-refractivity contribution < 1.29 is 4.74 Å². The van der Waals surface area contributed by atoms with Crippen LogP contribution in [0.2, 0.25) is 0 Å². The van der Waals surface area contributed by atoms with Gasteiger partial charge in [0.15, 0.2) is 0 Å². The minimum absolute atomic E-state index is 0.855. The van der Waals surface area contributed by atoms with Crippen LogP contribution in [0.15, 0.2) is 85.1 Å². The van der Waals surface area contributed by atoms with Gasteiger partial charge in [-0.2, -0.15) is 0 Å². The average molecular weight is 325 g/mol. The molecule has 0 radical (unpaired) electrons. The molecule has 2 nitrogen and oxygen atoms in total. The van der Waals surface area contributed by atoms with E-state index in [9.17, 15) is 0 Å². The lowest BCUT2D eigenvalue weighted by Gasteiger charge is -2.09. The number of hydrogen-bond donors (Lipinski definition) is 0. The van der Waals surface area contributed by atoms with Crippen LogP contribution in [0, 0.1) is 0 Å². The van der Waals surface area contributed by atoms with Crippen LogP contribution in [-0.4, -0.2) is 12.1 Å². The summed E-state index contributed by atoms with van der Waals surface area (Å²) in [5.41, 5.74) is 4.72. The molecule has 1 heterocycles. The molecular weight excluding hydrogens is 306 g/mol. The number of methoxy groups -OCH3 is 1. The first kappa shape index (κ1) is 15.4. The topological polar surface area (TPSA) is 22.1 Å². The molecule has 4 rings (SSSR count). The van der Waals surface area contributed by atoms with Crippen LogP contribution < -0.4 is 4.74 Å². The summed E-state index contributed by atoms with van der Waals surface area (Å²) < 4.78 is 5.26. The lowest BCUT2D eigenvalue weighted by molar-refractivity contribution is 0.415. The molecule has 0 fully saturated rings. The van der Waals surface area contributed by atoms with Crippen molar-refractivity contribution in [1.82, 2.24) is 4.98 Å². The molecule has 0 spiro atoms. The predicted octanol–water partition coefficient (Wildman–Crippen LogP) is 5.50. The average Bonchev–Trinajstić information content (AvgIpc) is 2.68. The lowest BCUT2D eigenvalue weighted by Crippen LogP contribution is -1.91. The molecule has 0 aliphatic rings. The van der Waals surface area contributed by atoms with Gasteiger partial charge in [-0.3, -0.25) is 4.98 Å². The number of benzene rings is 3. The van der Waals surface area contributed by atoms with Gasteiger partial charge in [0, 0.05) is 17.1 Å². The Hall–Kier alpha value is -3.13. The molecule has 3 aromatic carbocycles. The van der Waals surface area contributed by atoms with Crippen molar-refractivity contribution in [3.05, 3.63) is 96.2 Å². The van der Waals surface area contributed by atoms with Crippen LogP contribution in [0.3, 0.4) is 0 Å². The third-order valence-electron chi connectivity index (χ3n) is 4.45. The standard InChI is InChI=1S/C23H19NO/c1-25-21-11-9-20(10-12-21)23-22-16-18(7-8-19(22)13-14-24-23)15-17-5-3-2-4-6-17/h2-14,16H,15H2,1H3. The Morgan fingerprint density at radius 2 is 1.60 bits per heavy atom. The van der Waals surface area contributed by atoms with E-state index in [-0.39, 0.29) is 0 Å². The van der Waals surface area contributed by atoms with E-state index >= 15 is 0 Å². The van der Waals surface area contributed by atoms with E-state index < -0.39 is 0 Å². The molecule has 0 aliphatic carbocycles. The first-order valence-electron chi connectivity index (χ1n) is 8.39. The van der Waals surface area contributed by atoms with Gasteiger partial charge in [-0.05, 0) is 59.3 Å². The van der Waals surface area contributed by atoms with Crippen molar-refractivity contribution in [3.63, 3.8) is 0 Å². The number of hydrogen-bond acceptors (Lipinski definition) is 2. The number of nitrogens with zero attached hydrogens (tertiary/aromatic N) is 1. The molecule has 0 saturated carbocycles. The Morgan fingerprint density at radius 1 is 0.800 bits per heavy atom. The zero-order valence-electron chi connectivity index (χ0n) is 14.1. The van der Waals surface area contributed by atoms with Gasteiger partial charge in [-0.25, -0.2) is 0 Å². The molecule has 0 amide bonds. The summed E-state index contributed by atoms with van der Waals surface area (Å²) in [7, 11) is 1.68. The zero-order chi connectivity index (χ0) is 17.1. The summed E-state index contributed by atoms with van der Waals surface area (Å²) in [5.74, 6) is 0.855. The molecule has 4 aromatic rings. The van der Waals surface area contributed by atoms with E-state index in [2.05, 4.69) is 71.7 Å². The van der Waals surface area contributed by atoms with Crippen molar-refractivity contribution in [1.29, 1.82) is 0 Å². The minimum Gasteiger partial charge on any atom is -0.497 e. The Bertz CT molecular complexity index is 991. The molecule has 0 bridgehead atoms.